The molecule has 0 bridgehead atoms. The lowest BCUT2D eigenvalue weighted by Crippen LogP contribution is -2.43. The van der Waals surface area contributed by atoms with E-state index in [1.165, 1.54) is 34.5 Å². The molecule has 7 unspecified atom stereocenters. The Bertz CT molecular complexity index is 2120. The summed E-state index contributed by atoms with van der Waals surface area (Å²) in [5.41, 5.74) is -0.963. The molecule has 0 amide bonds. The van der Waals surface area contributed by atoms with E-state index in [4.69, 9.17) is 33.6 Å². The maximum absolute atomic E-state index is 12.6. The summed E-state index contributed by atoms with van der Waals surface area (Å²) < 4.78 is 40.1. The summed E-state index contributed by atoms with van der Waals surface area (Å²) >= 11 is 0. The second-order valence-corrected chi connectivity index (χ2v) is 22.6. The summed E-state index contributed by atoms with van der Waals surface area (Å²) in [5.74, 6) is 0.201. The van der Waals surface area contributed by atoms with Crippen LogP contribution < -0.4 is 11.4 Å². The van der Waals surface area contributed by atoms with Gasteiger partial charge < -0.3 is 38.0 Å². The Balaban J connectivity index is 0.000000396. The number of aliphatic hydroxyl groups is 1. The van der Waals surface area contributed by atoms with Crippen LogP contribution in [-0.2, 0) is 23.0 Å². The van der Waals surface area contributed by atoms with Gasteiger partial charge in [0, 0.05) is 77.3 Å². The minimum atomic E-state index is -1.41. The molecule has 73 heavy (non-hydrogen) atoms. The third-order valence-electron chi connectivity index (χ3n) is 10.9. The van der Waals surface area contributed by atoms with Gasteiger partial charge >= 0.3 is 11.4 Å². The van der Waals surface area contributed by atoms with E-state index in [0.29, 0.717) is 75.9 Å². The molecule has 0 aliphatic carbocycles. The first-order valence-corrected chi connectivity index (χ1v) is 27.6. The number of hydrogen-bond donors (Lipinski definition) is 1. The van der Waals surface area contributed by atoms with Crippen molar-refractivity contribution in [1.29, 1.82) is 10.5 Å². The fourth-order valence-corrected chi connectivity index (χ4v) is 12.0. The molecule has 0 radical (unpaired) electrons. The van der Waals surface area contributed by atoms with Gasteiger partial charge in [-0.2, -0.15) is 20.5 Å². The molecule has 4 rings (SSSR count). The van der Waals surface area contributed by atoms with Gasteiger partial charge in [0.1, 0.15) is 25.1 Å². The standard InChI is InChI=1S/C21H36N7O4P.C15H32N3OP.C12H19N5O3/c1-8-17-18(32-33(30-11-9-10-22)28(15(2)3)16(4)5)12-19(31-17)27-14-24-20(25-21(27)29)23-13-26(6)7;1-12(2)17(13(3)4)20(19-11-9-10-16)18(14(5)6)15(7)8;1-4-9-8(18)5-10(20-9)17-7-14-11(15-12(17)19)13-6-16(2)3/h13-19H,8-9,11-12H2,1-7H3;12-15H,9,11H2,1-8H3;6-10,18H,4-5H2,1-3H3. The summed E-state index contributed by atoms with van der Waals surface area (Å²) in [7, 11) is 5.01. The fraction of sp³-hybridized carbons (Fsp3) is 0.792. The minimum absolute atomic E-state index is 0.0988. The van der Waals surface area contributed by atoms with Crippen LogP contribution in [0.15, 0.2) is 32.2 Å². The summed E-state index contributed by atoms with van der Waals surface area (Å²) in [6.45, 7) is 30.8. The van der Waals surface area contributed by atoms with E-state index < -0.39 is 46.9 Å². The molecule has 412 valence electrons. The molecular formula is C48H87N15O8P2. The van der Waals surface area contributed by atoms with Crippen molar-refractivity contribution in [3.05, 3.63) is 33.6 Å². The van der Waals surface area contributed by atoms with Crippen LogP contribution in [0, 0.1) is 22.7 Å². The summed E-state index contributed by atoms with van der Waals surface area (Å²) in [4.78, 5) is 51.9. The number of rotatable bonds is 25. The molecule has 7 atom stereocenters. The third kappa shape index (κ3) is 21.3. The highest BCUT2D eigenvalue weighted by molar-refractivity contribution is 7.47. The predicted molar refractivity (Wildman–Crippen MR) is 287 cm³/mol. The van der Waals surface area contributed by atoms with Gasteiger partial charge in [0.15, 0.2) is 8.45 Å². The smallest absolute Gasteiger partial charge is 0.354 e. The Morgan fingerprint density at radius 1 is 0.685 bits per heavy atom. The van der Waals surface area contributed by atoms with E-state index in [1.807, 2.05) is 42.0 Å². The number of nitrogens with zero attached hydrogens (tertiary/aromatic N) is 15. The van der Waals surface area contributed by atoms with Gasteiger partial charge in [-0.15, -0.1) is 0 Å². The molecule has 0 spiro atoms. The Hall–Kier alpha value is -3.96. The van der Waals surface area contributed by atoms with Crippen molar-refractivity contribution in [3.8, 4) is 12.1 Å². The summed E-state index contributed by atoms with van der Waals surface area (Å²) in [6, 6.07) is 6.35. The van der Waals surface area contributed by atoms with E-state index in [0.717, 1.165) is 0 Å². The van der Waals surface area contributed by atoms with Crippen molar-refractivity contribution >= 4 is 41.5 Å². The molecule has 25 heteroatoms. The Morgan fingerprint density at radius 2 is 1.08 bits per heavy atom. The van der Waals surface area contributed by atoms with Crippen molar-refractivity contribution in [2.75, 3.05) is 41.4 Å². The molecule has 2 saturated heterocycles. The average molecular weight is 1060 g/mol. The van der Waals surface area contributed by atoms with Crippen LogP contribution in [0.5, 0.6) is 0 Å². The van der Waals surface area contributed by atoms with Gasteiger partial charge in [-0.3, -0.25) is 9.13 Å². The zero-order valence-electron chi connectivity index (χ0n) is 46.8. The van der Waals surface area contributed by atoms with Crippen LogP contribution >= 0.6 is 17.0 Å². The molecule has 0 saturated carbocycles. The van der Waals surface area contributed by atoms with Crippen molar-refractivity contribution in [2.45, 2.75) is 209 Å². The van der Waals surface area contributed by atoms with Crippen LogP contribution in [0.2, 0.25) is 0 Å². The van der Waals surface area contributed by atoms with Crippen molar-refractivity contribution in [3.63, 3.8) is 0 Å². The highest BCUT2D eigenvalue weighted by atomic mass is 31.2. The zero-order chi connectivity index (χ0) is 55.1. The van der Waals surface area contributed by atoms with Gasteiger partial charge in [0.05, 0.1) is 75.3 Å². The quantitative estimate of drug-likeness (QED) is 0.0437. The highest BCUT2D eigenvalue weighted by Gasteiger charge is 2.41. The van der Waals surface area contributed by atoms with Crippen LogP contribution in [-0.4, -0.2) is 173 Å². The van der Waals surface area contributed by atoms with E-state index in [9.17, 15) is 14.7 Å². The van der Waals surface area contributed by atoms with Gasteiger partial charge in [0.2, 0.25) is 0 Å². The number of aliphatic hydroxyl groups excluding tert-OH is 1. The molecule has 23 nitrogen and oxygen atoms in total. The van der Waals surface area contributed by atoms with Crippen molar-refractivity contribution in [1.82, 2.24) is 52.9 Å². The Morgan fingerprint density at radius 3 is 1.44 bits per heavy atom. The van der Waals surface area contributed by atoms with Gasteiger partial charge in [-0.1, -0.05) is 13.8 Å². The normalized spacial score (nSPS) is 20.6. The molecule has 2 fully saturated rings. The second kappa shape index (κ2) is 33.2. The van der Waals surface area contributed by atoms with Crippen molar-refractivity contribution < 1.29 is 28.2 Å². The molecule has 2 aromatic heterocycles. The first-order chi connectivity index (χ1) is 34.4. The first-order valence-electron chi connectivity index (χ1n) is 25.3. The topological polar surface area (TPSA) is 250 Å². The molecule has 4 heterocycles. The van der Waals surface area contributed by atoms with Crippen LogP contribution in [0.1, 0.15) is 148 Å². The zero-order valence-corrected chi connectivity index (χ0v) is 48.6. The second-order valence-electron chi connectivity index (χ2n) is 19.5. The van der Waals surface area contributed by atoms with E-state index >= 15 is 0 Å². The van der Waals surface area contributed by atoms with Gasteiger partial charge in [0.25, 0.3) is 20.4 Å². The minimum Gasteiger partial charge on any atom is -0.390 e. The number of hydrogen-bond acceptors (Lipinski definition) is 19. The molecular weight excluding hydrogens is 977 g/mol. The third-order valence-corrected chi connectivity index (χ3v) is 16.1. The monoisotopic (exact) mass is 1060 g/mol. The lowest BCUT2D eigenvalue weighted by Gasteiger charge is -2.45. The highest BCUT2D eigenvalue weighted by Crippen LogP contribution is 2.51. The number of aromatic nitrogens is 6. The largest absolute Gasteiger partial charge is 0.390 e. The van der Waals surface area contributed by atoms with E-state index in [1.54, 1.807) is 9.80 Å². The maximum Gasteiger partial charge on any atom is 0.354 e. The lowest BCUT2D eigenvalue weighted by molar-refractivity contribution is -0.0221. The predicted octanol–water partition coefficient (Wildman–Crippen LogP) is 7.52. The number of nitriles is 2. The number of ether oxygens (including phenoxy) is 2. The first kappa shape index (κ1) is 65.2. The SMILES string of the molecule is CC(C)N(C(C)C)P(OCCC#N)N(C(C)C)C(C)C.CCC1OC(n2cnc(N=CN(C)C)nc2=O)CC1O.CCC1OC(n2cnc(N=CN(C)C)nc2=O)CC1OP(OCCC#N)N(C(C)C)C(C)C. The molecule has 2 aliphatic heterocycles. The van der Waals surface area contributed by atoms with Crippen molar-refractivity contribution in [2.24, 2.45) is 9.98 Å². The summed E-state index contributed by atoms with van der Waals surface area (Å²) in [5, 5.41) is 27.5. The Kier molecular flexibility index (Phi) is 29.6. The van der Waals surface area contributed by atoms with Crippen LogP contribution in [0.4, 0.5) is 11.9 Å². The fourth-order valence-electron chi connectivity index (χ4n) is 7.94. The van der Waals surface area contributed by atoms with Crippen LogP contribution in [0.25, 0.3) is 0 Å². The number of aliphatic imine (C=N–C) groups is 2. The molecule has 0 aromatic carbocycles. The molecule has 2 aliphatic rings. The van der Waals surface area contributed by atoms with Gasteiger partial charge in [-0.05, 0) is 95.9 Å². The Labute approximate surface area is 437 Å². The van der Waals surface area contributed by atoms with Crippen LogP contribution in [0.3, 0.4) is 0 Å². The maximum atomic E-state index is 12.6. The molecule has 2 aromatic rings. The van der Waals surface area contributed by atoms with Gasteiger partial charge in [-0.25, -0.2) is 43.6 Å². The lowest BCUT2D eigenvalue weighted by atomic mass is 10.1. The average Bonchev–Trinajstić information content (AvgIpc) is 3.89. The van der Waals surface area contributed by atoms with E-state index in [2.05, 4.69) is 139 Å². The summed E-state index contributed by atoms with van der Waals surface area (Å²) in [6.07, 6.45) is 6.44. The van der Waals surface area contributed by atoms with E-state index in [-0.39, 0.29) is 42.3 Å². The molecule has 1 N–H and O–H groups in total.